The number of likely N-dealkylation sites (tertiary alicyclic amines) is 1. The summed E-state index contributed by atoms with van der Waals surface area (Å²) < 4.78 is 0. The van der Waals surface area contributed by atoms with Gasteiger partial charge < -0.3 is 5.11 Å². The molecule has 2 aliphatic rings. The van der Waals surface area contributed by atoms with E-state index < -0.39 is 6.09 Å². The highest BCUT2D eigenvalue weighted by Crippen LogP contribution is 2.42. The maximum absolute atomic E-state index is 12.1. The van der Waals surface area contributed by atoms with Crippen LogP contribution >= 0.6 is 11.6 Å². The molecule has 1 N–H and O–H groups in total. The Bertz CT molecular complexity index is 922. The average molecular weight is 383 g/mol. The number of hydrogen-bond acceptors (Lipinski definition) is 2. The Balaban J connectivity index is 2.07. The Morgan fingerprint density at radius 1 is 1.30 bits per heavy atom. The number of allylic oxidation sites excluding steroid dienone is 1. The fraction of sp³-hybridized carbons (Fsp3) is 0.364. The van der Waals surface area contributed by atoms with Gasteiger partial charge in [0.25, 0.3) is 0 Å². The van der Waals surface area contributed by atoms with Gasteiger partial charge >= 0.3 is 6.09 Å². The van der Waals surface area contributed by atoms with Crippen molar-refractivity contribution in [3.05, 3.63) is 69.6 Å². The highest BCUT2D eigenvalue weighted by molar-refractivity contribution is 6.30. The quantitative estimate of drug-likeness (QED) is 0.719. The van der Waals surface area contributed by atoms with Crippen molar-refractivity contribution >= 4 is 23.3 Å². The molecular formula is C22H23ClN2O2. The summed E-state index contributed by atoms with van der Waals surface area (Å²) >= 11 is 6.27. The molecule has 4 nitrogen and oxygen atoms in total. The maximum atomic E-state index is 12.1. The highest BCUT2D eigenvalue weighted by Gasteiger charge is 2.34. The number of carbonyl (C=O) groups is 1. The van der Waals surface area contributed by atoms with Crippen molar-refractivity contribution in [3.63, 3.8) is 0 Å². The molecule has 0 saturated carbocycles. The minimum atomic E-state index is -0.882. The minimum Gasteiger partial charge on any atom is -0.465 e. The molecule has 5 heteroatoms. The molecule has 1 saturated heterocycles. The molecule has 1 unspecified atom stereocenters. The summed E-state index contributed by atoms with van der Waals surface area (Å²) in [5, 5.41) is 10.6. The van der Waals surface area contributed by atoms with E-state index in [9.17, 15) is 9.90 Å². The Morgan fingerprint density at radius 3 is 2.89 bits per heavy atom. The number of amides is 1. The van der Waals surface area contributed by atoms with Gasteiger partial charge in [-0.2, -0.15) is 0 Å². The standard InChI is InChI=1S/C22H23ClN2O2/c1-2-14-6-4-12-25(22(26)27)21(14)19-18-10-9-17(23)13-16(18)8-7-15-5-3-11-24-20(15)19/h3,5,9-11,13-14H,2,4,6-8,12H2,1H3,(H,26,27). The molecule has 2 aromatic rings. The number of pyridine rings is 1. The van der Waals surface area contributed by atoms with Gasteiger partial charge in [-0.25, -0.2) is 4.79 Å². The lowest BCUT2D eigenvalue weighted by molar-refractivity contribution is 0.143. The summed E-state index contributed by atoms with van der Waals surface area (Å²) in [7, 11) is 0. The van der Waals surface area contributed by atoms with Crippen LogP contribution in [-0.4, -0.2) is 27.6 Å². The zero-order chi connectivity index (χ0) is 19.0. The molecule has 1 aromatic heterocycles. The lowest BCUT2D eigenvalue weighted by atomic mass is 9.84. The first-order chi connectivity index (χ1) is 13.1. The van der Waals surface area contributed by atoms with E-state index in [0.717, 1.165) is 65.8 Å². The molecule has 1 fully saturated rings. The van der Waals surface area contributed by atoms with Gasteiger partial charge in [0.1, 0.15) is 0 Å². The van der Waals surface area contributed by atoms with E-state index in [2.05, 4.69) is 13.0 Å². The second kappa shape index (κ2) is 7.35. The van der Waals surface area contributed by atoms with Crippen LogP contribution < -0.4 is 0 Å². The number of aryl methyl sites for hydroxylation is 2. The summed E-state index contributed by atoms with van der Waals surface area (Å²) in [6.45, 7) is 2.67. The third-order valence-corrected chi connectivity index (χ3v) is 5.96. The maximum Gasteiger partial charge on any atom is 0.411 e. The Hall–Kier alpha value is -2.33. The van der Waals surface area contributed by atoms with E-state index in [4.69, 9.17) is 16.6 Å². The van der Waals surface area contributed by atoms with Gasteiger partial charge in [-0.3, -0.25) is 9.88 Å². The lowest BCUT2D eigenvalue weighted by Gasteiger charge is -2.36. The smallest absolute Gasteiger partial charge is 0.411 e. The second-order valence-corrected chi connectivity index (χ2v) is 7.69. The first-order valence-electron chi connectivity index (χ1n) is 9.57. The van der Waals surface area contributed by atoms with Gasteiger partial charge in [0, 0.05) is 29.0 Å². The van der Waals surface area contributed by atoms with Crippen LogP contribution in [0.3, 0.4) is 0 Å². The fourth-order valence-corrected chi connectivity index (χ4v) is 4.64. The molecule has 1 atom stereocenters. The number of halogens is 1. The topological polar surface area (TPSA) is 53.4 Å². The predicted molar refractivity (Wildman–Crippen MR) is 107 cm³/mol. The van der Waals surface area contributed by atoms with Crippen LogP contribution in [0.25, 0.3) is 5.57 Å². The van der Waals surface area contributed by atoms with Crippen molar-refractivity contribution in [2.75, 3.05) is 6.54 Å². The van der Waals surface area contributed by atoms with Crippen molar-refractivity contribution in [2.45, 2.75) is 39.0 Å². The number of carboxylic acid groups (broad SMARTS) is 1. The predicted octanol–water partition coefficient (Wildman–Crippen LogP) is 5.39. The van der Waals surface area contributed by atoms with Crippen molar-refractivity contribution in [1.29, 1.82) is 0 Å². The van der Waals surface area contributed by atoms with Gasteiger partial charge in [0.2, 0.25) is 0 Å². The van der Waals surface area contributed by atoms with Gasteiger partial charge in [-0.1, -0.05) is 30.7 Å². The second-order valence-electron chi connectivity index (χ2n) is 7.25. The normalized spacial score (nSPS) is 22.0. The summed E-state index contributed by atoms with van der Waals surface area (Å²) in [6.07, 6.45) is 5.47. The molecule has 1 amide bonds. The Morgan fingerprint density at radius 2 is 2.11 bits per heavy atom. The SMILES string of the molecule is CCC1CCCN(C(=O)O)C1=C1c2ccc(Cl)cc2CCc2cccnc21. The molecule has 27 heavy (non-hydrogen) atoms. The van der Waals surface area contributed by atoms with Crippen molar-refractivity contribution in [3.8, 4) is 0 Å². The number of hydrogen-bond donors (Lipinski definition) is 1. The molecule has 0 bridgehead atoms. The van der Waals surface area contributed by atoms with Crippen LogP contribution in [0.5, 0.6) is 0 Å². The van der Waals surface area contributed by atoms with E-state index in [1.807, 2.05) is 24.3 Å². The summed E-state index contributed by atoms with van der Waals surface area (Å²) in [5.74, 6) is 0.210. The van der Waals surface area contributed by atoms with E-state index in [-0.39, 0.29) is 5.92 Å². The van der Waals surface area contributed by atoms with Gasteiger partial charge in [-0.05, 0) is 72.9 Å². The number of nitrogens with zero attached hydrogens (tertiary/aromatic N) is 2. The van der Waals surface area contributed by atoms with E-state index >= 15 is 0 Å². The van der Waals surface area contributed by atoms with Gasteiger partial charge in [0.05, 0.1) is 5.69 Å². The van der Waals surface area contributed by atoms with Crippen LogP contribution in [0.2, 0.25) is 5.02 Å². The first kappa shape index (κ1) is 18.1. The minimum absolute atomic E-state index is 0.210. The van der Waals surface area contributed by atoms with Gasteiger partial charge in [0.15, 0.2) is 0 Å². The van der Waals surface area contributed by atoms with Crippen molar-refractivity contribution in [2.24, 2.45) is 5.92 Å². The van der Waals surface area contributed by atoms with Crippen LogP contribution in [0.1, 0.15) is 48.6 Å². The van der Waals surface area contributed by atoms with Crippen molar-refractivity contribution < 1.29 is 9.90 Å². The van der Waals surface area contributed by atoms with E-state index in [1.165, 1.54) is 0 Å². The first-order valence-corrected chi connectivity index (χ1v) is 9.95. The van der Waals surface area contributed by atoms with E-state index in [1.54, 1.807) is 11.1 Å². The molecule has 4 rings (SSSR count). The van der Waals surface area contributed by atoms with Crippen LogP contribution in [0, 0.1) is 5.92 Å². The lowest BCUT2D eigenvalue weighted by Crippen LogP contribution is -2.38. The molecule has 1 aliphatic carbocycles. The van der Waals surface area contributed by atoms with Crippen LogP contribution in [0.15, 0.2) is 42.2 Å². The molecule has 1 aliphatic heterocycles. The van der Waals surface area contributed by atoms with Gasteiger partial charge in [-0.15, -0.1) is 0 Å². The molecule has 2 heterocycles. The number of fused-ring (bicyclic) bond motifs is 2. The molecule has 0 radical (unpaired) electrons. The third-order valence-electron chi connectivity index (χ3n) is 5.72. The molecule has 1 aromatic carbocycles. The highest BCUT2D eigenvalue weighted by atomic mass is 35.5. The summed E-state index contributed by atoms with van der Waals surface area (Å²) in [4.78, 5) is 18.3. The van der Waals surface area contributed by atoms with E-state index in [0.29, 0.717) is 11.6 Å². The molecular weight excluding hydrogens is 360 g/mol. The molecule has 0 spiro atoms. The van der Waals surface area contributed by atoms with Crippen LogP contribution in [-0.2, 0) is 12.8 Å². The zero-order valence-corrected chi connectivity index (χ0v) is 16.2. The zero-order valence-electron chi connectivity index (χ0n) is 15.4. The summed E-state index contributed by atoms with van der Waals surface area (Å²) in [6, 6.07) is 10.00. The summed E-state index contributed by atoms with van der Waals surface area (Å²) in [5.41, 5.74) is 6.19. The molecule has 140 valence electrons. The number of piperidine rings is 1. The Labute approximate surface area is 164 Å². The Kier molecular flexibility index (Phi) is 4.92. The monoisotopic (exact) mass is 382 g/mol. The number of aromatic nitrogens is 1. The largest absolute Gasteiger partial charge is 0.465 e. The number of rotatable bonds is 1. The van der Waals surface area contributed by atoms with Crippen LogP contribution in [0.4, 0.5) is 4.79 Å². The van der Waals surface area contributed by atoms with Crippen molar-refractivity contribution in [1.82, 2.24) is 9.88 Å². The fourth-order valence-electron chi connectivity index (χ4n) is 4.44. The average Bonchev–Trinajstić information content (AvgIpc) is 2.83. The number of benzene rings is 1. The third kappa shape index (κ3) is 3.23.